The quantitative estimate of drug-likeness (QED) is 0.507. The Bertz CT molecular complexity index is 1110. The van der Waals surface area contributed by atoms with Crippen molar-refractivity contribution in [3.63, 3.8) is 0 Å². The summed E-state index contributed by atoms with van der Waals surface area (Å²) in [7, 11) is -3.77. The molecule has 31 heavy (non-hydrogen) atoms. The molecule has 3 rings (SSSR count). The second kappa shape index (κ2) is 9.68. The molecule has 0 unspecified atom stereocenters. The van der Waals surface area contributed by atoms with Crippen molar-refractivity contribution < 1.29 is 27.9 Å². The molecule has 1 fully saturated rings. The number of halogens is 2. The van der Waals surface area contributed by atoms with Crippen molar-refractivity contribution in [1.82, 2.24) is 4.31 Å². The standard InChI is InChI=1S/C20H20Br2N2O6S/c1-12-8-15(21)19(16(22)9-12)23-18(26)11-30-20(27)14-10-13(4-5-17(14)25)31(28,29)24-6-2-3-7-24/h4-5,8-10,25H,2-3,6-7,11H2,1H3,(H,23,26). The van der Waals surface area contributed by atoms with Crippen molar-refractivity contribution in [3.8, 4) is 5.75 Å². The number of aryl methyl sites for hydroxylation is 1. The number of amides is 1. The molecule has 1 aliphatic heterocycles. The molecule has 0 spiro atoms. The number of benzene rings is 2. The lowest BCUT2D eigenvalue weighted by Gasteiger charge is -2.16. The zero-order chi connectivity index (χ0) is 22.8. The third kappa shape index (κ3) is 5.46. The van der Waals surface area contributed by atoms with E-state index in [0.717, 1.165) is 30.5 Å². The van der Waals surface area contributed by atoms with E-state index in [9.17, 15) is 23.1 Å². The van der Waals surface area contributed by atoms with Crippen LogP contribution in [0.2, 0.25) is 0 Å². The molecule has 0 aromatic heterocycles. The second-order valence-corrected chi connectivity index (χ2v) is 10.7. The Balaban J connectivity index is 1.70. The number of hydrogen-bond donors (Lipinski definition) is 2. The molecule has 166 valence electrons. The number of carbonyl (C=O) groups is 2. The summed E-state index contributed by atoms with van der Waals surface area (Å²) in [6.07, 6.45) is 1.54. The SMILES string of the molecule is Cc1cc(Br)c(NC(=O)COC(=O)c2cc(S(=O)(=O)N3CCCC3)ccc2O)c(Br)c1. The van der Waals surface area contributed by atoms with Crippen molar-refractivity contribution in [2.75, 3.05) is 25.0 Å². The van der Waals surface area contributed by atoms with Crippen LogP contribution in [0, 0.1) is 6.92 Å². The number of carbonyl (C=O) groups excluding carboxylic acids is 2. The third-order valence-electron chi connectivity index (χ3n) is 4.68. The first kappa shape index (κ1) is 23.7. The highest BCUT2D eigenvalue weighted by Crippen LogP contribution is 2.32. The molecule has 0 saturated carbocycles. The molecule has 0 radical (unpaired) electrons. The summed E-state index contributed by atoms with van der Waals surface area (Å²) >= 11 is 6.72. The maximum atomic E-state index is 12.7. The smallest absolute Gasteiger partial charge is 0.342 e. The van der Waals surface area contributed by atoms with Gasteiger partial charge in [0.05, 0.1) is 10.6 Å². The topological polar surface area (TPSA) is 113 Å². The molecule has 11 heteroatoms. The van der Waals surface area contributed by atoms with E-state index in [4.69, 9.17) is 4.74 Å². The number of ether oxygens (including phenoxy) is 1. The summed E-state index contributed by atoms with van der Waals surface area (Å²) in [6, 6.07) is 7.06. The van der Waals surface area contributed by atoms with Crippen molar-refractivity contribution in [1.29, 1.82) is 0 Å². The average molecular weight is 576 g/mol. The molecule has 8 nitrogen and oxygen atoms in total. The molecule has 1 aliphatic rings. The van der Waals surface area contributed by atoms with E-state index in [1.54, 1.807) is 0 Å². The van der Waals surface area contributed by atoms with Gasteiger partial charge >= 0.3 is 5.97 Å². The Kier molecular flexibility index (Phi) is 7.40. The summed E-state index contributed by atoms with van der Waals surface area (Å²) in [4.78, 5) is 24.5. The number of phenolic OH excluding ortho intramolecular Hbond substituents is 1. The Morgan fingerprint density at radius 2 is 1.74 bits per heavy atom. The normalized spacial score (nSPS) is 14.4. The fourth-order valence-electron chi connectivity index (χ4n) is 3.12. The van der Waals surface area contributed by atoms with Crippen LogP contribution in [0.3, 0.4) is 0 Å². The number of hydrogen-bond acceptors (Lipinski definition) is 6. The summed E-state index contributed by atoms with van der Waals surface area (Å²) < 4.78 is 33.0. The van der Waals surface area contributed by atoms with Crippen LogP contribution in [0.4, 0.5) is 5.69 Å². The predicted octanol–water partition coefficient (Wildman–Crippen LogP) is 3.81. The fourth-order valence-corrected chi connectivity index (χ4v) is 6.28. The Labute approximate surface area is 196 Å². The molecule has 1 saturated heterocycles. The van der Waals surface area contributed by atoms with Crippen molar-refractivity contribution in [3.05, 3.63) is 50.4 Å². The Morgan fingerprint density at radius 1 is 1.13 bits per heavy atom. The molecule has 2 N–H and O–H groups in total. The highest BCUT2D eigenvalue weighted by molar-refractivity contribution is 9.11. The molecule has 2 aromatic carbocycles. The van der Waals surface area contributed by atoms with Gasteiger partial charge in [-0.1, -0.05) is 0 Å². The monoisotopic (exact) mass is 574 g/mol. The number of rotatable bonds is 6. The van der Waals surface area contributed by atoms with Gasteiger partial charge in [-0.05, 0) is 87.5 Å². The highest BCUT2D eigenvalue weighted by atomic mass is 79.9. The van der Waals surface area contributed by atoms with E-state index in [0.29, 0.717) is 27.7 Å². The van der Waals surface area contributed by atoms with Crippen LogP contribution < -0.4 is 5.32 Å². The average Bonchev–Trinajstić information content (AvgIpc) is 3.25. The highest BCUT2D eigenvalue weighted by Gasteiger charge is 2.29. The number of aromatic hydroxyl groups is 1. The molecule has 1 amide bonds. The van der Waals surface area contributed by atoms with Crippen LogP contribution in [-0.2, 0) is 19.6 Å². The van der Waals surface area contributed by atoms with Gasteiger partial charge in [0.2, 0.25) is 10.0 Å². The Morgan fingerprint density at radius 3 is 2.35 bits per heavy atom. The molecule has 2 aromatic rings. The van der Waals surface area contributed by atoms with Crippen molar-refractivity contribution in [2.24, 2.45) is 0 Å². The van der Waals surface area contributed by atoms with Crippen LogP contribution in [-0.4, -0.2) is 49.4 Å². The Hall–Kier alpha value is -1.95. The number of phenols is 1. The first-order chi connectivity index (χ1) is 14.6. The lowest BCUT2D eigenvalue weighted by molar-refractivity contribution is -0.119. The van der Waals surface area contributed by atoms with Crippen LogP contribution in [0.5, 0.6) is 5.75 Å². The molecule has 0 aliphatic carbocycles. The van der Waals surface area contributed by atoms with Gasteiger partial charge in [0, 0.05) is 22.0 Å². The van der Waals surface area contributed by atoms with E-state index in [-0.39, 0.29) is 10.5 Å². The van der Waals surface area contributed by atoms with Crippen LogP contribution >= 0.6 is 31.9 Å². The van der Waals surface area contributed by atoms with Gasteiger partial charge in [0.15, 0.2) is 6.61 Å². The third-order valence-corrected chi connectivity index (χ3v) is 7.82. The lowest BCUT2D eigenvalue weighted by atomic mass is 10.2. The fraction of sp³-hybridized carbons (Fsp3) is 0.300. The van der Waals surface area contributed by atoms with Crippen molar-refractivity contribution >= 4 is 59.4 Å². The van der Waals surface area contributed by atoms with Crippen LogP contribution in [0.25, 0.3) is 0 Å². The van der Waals surface area contributed by atoms with Gasteiger partial charge in [0.1, 0.15) is 11.3 Å². The molecule has 0 bridgehead atoms. The first-order valence-electron chi connectivity index (χ1n) is 9.35. The maximum Gasteiger partial charge on any atom is 0.342 e. The number of nitrogens with zero attached hydrogens (tertiary/aromatic N) is 1. The van der Waals surface area contributed by atoms with Gasteiger partial charge < -0.3 is 15.2 Å². The van der Waals surface area contributed by atoms with E-state index in [1.807, 2.05) is 19.1 Å². The van der Waals surface area contributed by atoms with E-state index >= 15 is 0 Å². The summed E-state index contributed by atoms with van der Waals surface area (Å²) in [5, 5.41) is 12.6. The van der Waals surface area contributed by atoms with Crippen LogP contribution in [0.15, 0.2) is 44.2 Å². The van der Waals surface area contributed by atoms with Crippen molar-refractivity contribution in [2.45, 2.75) is 24.7 Å². The van der Waals surface area contributed by atoms with Gasteiger partial charge in [-0.25, -0.2) is 13.2 Å². The van der Waals surface area contributed by atoms with Gasteiger partial charge in [0.25, 0.3) is 5.91 Å². The van der Waals surface area contributed by atoms with E-state index in [2.05, 4.69) is 37.2 Å². The van der Waals surface area contributed by atoms with Crippen LogP contribution in [0.1, 0.15) is 28.8 Å². The maximum absolute atomic E-state index is 12.7. The largest absolute Gasteiger partial charge is 0.507 e. The zero-order valence-electron chi connectivity index (χ0n) is 16.5. The molecule has 1 heterocycles. The summed E-state index contributed by atoms with van der Waals surface area (Å²) in [6.45, 7) is 2.10. The summed E-state index contributed by atoms with van der Waals surface area (Å²) in [5.41, 5.74) is 1.13. The zero-order valence-corrected chi connectivity index (χ0v) is 20.5. The first-order valence-corrected chi connectivity index (χ1v) is 12.4. The summed E-state index contributed by atoms with van der Waals surface area (Å²) in [5.74, 6) is -2.04. The minimum absolute atomic E-state index is 0.115. The lowest BCUT2D eigenvalue weighted by Crippen LogP contribution is -2.28. The van der Waals surface area contributed by atoms with Gasteiger partial charge in [-0.2, -0.15) is 4.31 Å². The predicted molar refractivity (Wildman–Crippen MR) is 122 cm³/mol. The second-order valence-electron chi connectivity index (χ2n) is 7.02. The number of esters is 1. The molecule has 0 atom stereocenters. The number of nitrogens with one attached hydrogen (secondary N) is 1. The van der Waals surface area contributed by atoms with E-state index in [1.165, 1.54) is 10.4 Å². The van der Waals surface area contributed by atoms with E-state index < -0.39 is 34.3 Å². The van der Waals surface area contributed by atoms with Gasteiger partial charge in [-0.3, -0.25) is 4.79 Å². The molecular formula is C20H20Br2N2O6S. The minimum Gasteiger partial charge on any atom is -0.507 e. The number of anilines is 1. The molecular weight excluding hydrogens is 556 g/mol. The minimum atomic E-state index is -3.77. The van der Waals surface area contributed by atoms with Gasteiger partial charge in [-0.15, -0.1) is 0 Å². The number of sulfonamides is 1.